The third-order valence-corrected chi connectivity index (χ3v) is 4.89. The van der Waals surface area contributed by atoms with E-state index >= 15 is 0 Å². The maximum atomic E-state index is 13.2. The van der Waals surface area contributed by atoms with Crippen molar-refractivity contribution in [1.29, 1.82) is 5.26 Å². The maximum absolute atomic E-state index is 13.2. The van der Waals surface area contributed by atoms with Crippen molar-refractivity contribution in [3.63, 3.8) is 0 Å². The normalized spacial score (nSPS) is 13.0. The van der Waals surface area contributed by atoms with Gasteiger partial charge in [0.1, 0.15) is 5.82 Å². The van der Waals surface area contributed by atoms with Crippen molar-refractivity contribution in [3.8, 4) is 17.2 Å². The number of fused-ring (bicyclic) bond motifs is 1. The third kappa shape index (κ3) is 3.08. The number of hydrogen-bond acceptors (Lipinski definition) is 4. The second kappa shape index (κ2) is 7.12. The van der Waals surface area contributed by atoms with E-state index in [1.54, 1.807) is 29.4 Å². The molecule has 0 atom stereocenters. The van der Waals surface area contributed by atoms with Crippen LogP contribution in [0.4, 0.5) is 15.8 Å². The van der Waals surface area contributed by atoms with Gasteiger partial charge in [-0.15, -0.1) is 0 Å². The lowest BCUT2D eigenvalue weighted by molar-refractivity contribution is 0.0986. The summed E-state index contributed by atoms with van der Waals surface area (Å²) >= 11 is 0. The fourth-order valence-electron chi connectivity index (χ4n) is 3.42. The number of amides is 1. The first-order chi connectivity index (χ1) is 13.6. The molecule has 0 radical (unpaired) electrons. The van der Waals surface area contributed by atoms with Crippen molar-refractivity contribution >= 4 is 17.3 Å². The first-order valence-electron chi connectivity index (χ1n) is 8.85. The van der Waals surface area contributed by atoms with Crippen LogP contribution in [0.1, 0.15) is 15.9 Å². The Hall–Kier alpha value is -3.72. The summed E-state index contributed by atoms with van der Waals surface area (Å²) in [6.07, 6.45) is 3.45. The number of anilines is 2. The molecule has 0 N–H and O–H groups in total. The Bertz CT molecular complexity index is 1070. The molecule has 4 rings (SSSR count). The summed E-state index contributed by atoms with van der Waals surface area (Å²) < 4.78 is 13.2. The average Bonchev–Trinajstić information content (AvgIpc) is 2.74. The summed E-state index contributed by atoms with van der Waals surface area (Å²) in [6.45, 7) is 1.17. The van der Waals surface area contributed by atoms with Crippen LogP contribution in [0, 0.1) is 17.1 Å². The quantitative estimate of drug-likeness (QED) is 0.685. The van der Waals surface area contributed by atoms with E-state index in [-0.39, 0.29) is 11.7 Å². The fourth-order valence-corrected chi connectivity index (χ4v) is 3.42. The number of nitriles is 1. The van der Waals surface area contributed by atoms with Crippen LogP contribution in [0.15, 0.2) is 60.9 Å². The molecule has 0 unspecified atom stereocenters. The standard InChI is InChI=1S/C22H17FN4O/c1-26-10-11-27(22(28)17-6-8-18(23)9-7-17)20-14-25-13-19(21(20)26)16-4-2-15(12-24)3-5-16/h2-9,13-14H,10-11H2,1H3. The minimum atomic E-state index is -0.375. The fraction of sp³-hybridized carbons (Fsp3) is 0.136. The average molecular weight is 372 g/mol. The molecule has 1 amide bonds. The van der Waals surface area contributed by atoms with Crippen LogP contribution >= 0.6 is 0 Å². The van der Waals surface area contributed by atoms with Gasteiger partial charge < -0.3 is 9.80 Å². The van der Waals surface area contributed by atoms with Crippen LogP contribution in [0.5, 0.6) is 0 Å². The lowest BCUT2D eigenvalue weighted by Crippen LogP contribution is -2.43. The Labute approximate surface area is 162 Å². The summed E-state index contributed by atoms with van der Waals surface area (Å²) in [6, 6.07) is 15.0. The zero-order chi connectivity index (χ0) is 19.7. The first kappa shape index (κ1) is 17.7. The number of benzene rings is 2. The Morgan fingerprint density at radius 2 is 1.79 bits per heavy atom. The Balaban J connectivity index is 1.78. The van der Waals surface area contributed by atoms with Gasteiger partial charge in [0.25, 0.3) is 5.91 Å². The predicted molar refractivity (Wildman–Crippen MR) is 106 cm³/mol. The SMILES string of the molecule is CN1CCN(C(=O)c2ccc(F)cc2)c2cncc(-c3ccc(C#N)cc3)c21. The van der Waals surface area contributed by atoms with Gasteiger partial charge in [-0.3, -0.25) is 9.78 Å². The van der Waals surface area contributed by atoms with Crippen molar-refractivity contribution < 1.29 is 9.18 Å². The molecule has 2 aromatic carbocycles. The molecule has 1 aliphatic rings. The first-order valence-corrected chi connectivity index (χ1v) is 8.85. The van der Waals surface area contributed by atoms with Crippen molar-refractivity contribution in [1.82, 2.24) is 4.98 Å². The Morgan fingerprint density at radius 3 is 2.46 bits per heavy atom. The van der Waals surface area contributed by atoms with Crippen LogP contribution in [0.3, 0.4) is 0 Å². The second-order valence-corrected chi connectivity index (χ2v) is 6.63. The number of carbonyl (C=O) groups excluding carboxylic acids is 1. The van der Waals surface area contributed by atoms with Gasteiger partial charge >= 0.3 is 0 Å². The van der Waals surface area contributed by atoms with E-state index in [1.165, 1.54) is 24.3 Å². The van der Waals surface area contributed by atoms with Crippen molar-refractivity contribution in [2.24, 2.45) is 0 Å². The molecule has 138 valence electrons. The number of likely N-dealkylation sites (N-methyl/N-ethyl adjacent to an activating group) is 1. The molecule has 1 aromatic heterocycles. The minimum Gasteiger partial charge on any atom is -0.371 e. The predicted octanol–water partition coefficient (Wildman–Crippen LogP) is 3.86. The number of aromatic nitrogens is 1. The molecule has 0 bridgehead atoms. The highest BCUT2D eigenvalue weighted by Gasteiger charge is 2.28. The van der Waals surface area contributed by atoms with Crippen LogP contribution in [-0.4, -0.2) is 31.0 Å². The number of carbonyl (C=O) groups is 1. The Kier molecular flexibility index (Phi) is 4.50. The van der Waals surface area contributed by atoms with Gasteiger partial charge in [-0.25, -0.2) is 4.39 Å². The molecule has 3 aromatic rings. The van der Waals surface area contributed by atoms with Gasteiger partial charge in [-0.1, -0.05) is 12.1 Å². The highest BCUT2D eigenvalue weighted by molar-refractivity contribution is 6.09. The van der Waals surface area contributed by atoms with Crippen LogP contribution < -0.4 is 9.80 Å². The number of halogens is 1. The Morgan fingerprint density at radius 1 is 1.07 bits per heavy atom. The van der Waals surface area contributed by atoms with Crippen LogP contribution in [-0.2, 0) is 0 Å². The van der Waals surface area contributed by atoms with Crippen molar-refractivity contribution in [3.05, 3.63) is 77.9 Å². The molecule has 0 fully saturated rings. The summed E-state index contributed by atoms with van der Waals surface area (Å²) in [7, 11) is 1.98. The van der Waals surface area contributed by atoms with E-state index in [0.29, 0.717) is 29.9 Å². The number of pyridine rings is 1. The zero-order valence-corrected chi connectivity index (χ0v) is 15.3. The second-order valence-electron chi connectivity index (χ2n) is 6.63. The van der Waals surface area contributed by atoms with Crippen LogP contribution in [0.2, 0.25) is 0 Å². The van der Waals surface area contributed by atoms with Crippen LogP contribution in [0.25, 0.3) is 11.1 Å². The van der Waals surface area contributed by atoms with E-state index in [9.17, 15) is 9.18 Å². The summed E-state index contributed by atoms with van der Waals surface area (Å²) in [5.41, 5.74) is 4.45. The highest BCUT2D eigenvalue weighted by atomic mass is 19.1. The van der Waals surface area contributed by atoms with E-state index in [4.69, 9.17) is 5.26 Å². The molecule has 0 saturated heterocycles. The van der Waals surface area contributed by atoms with Gasteiger partial charge in [0.05, 0.1) is 29.2 Å². The van der Waals surface area contributed by atoms with Gasteiger partial charge in [0, 0.05) is 37.5 Å². The maximum Gasteiger partial charge on any atom is 0.258 e. The molecule has 0 saturated carbocycles. The largest absolute Gasteiger partial charge is 0.371 e. The molecule has 2 heterocycles. The number of hydrogen-bond donors (Lipinski definition) is 0. The lowest BCUT2D eigenvalue weighted by Gasteiger charge is -2.36. The molecule has 0 spiro atoms. The van der Waals surface area contributed by atoms with Gasteiger partial charge in [0.2, 0.25) is 0 Å². The topological polar surface area (TPSA) is 60.2 Å². The molecular formula is C22H17FN4O. The third-order valence-electron chi connectivity index (χ3n) is 4.89. The van der Waals surface area contributed by atoms with Crippen molar-refractivity contribution in [2.45, 2.75) is 0 Å². The molecule has 1 aliphatic heterocycles. The number of nitrogens with zero attached hydrogens (tertiary/aromatic N) is 4. The van der Waals surface area contributed by atoms with E-state index in [2.05, 4.69) is 16.0 Å². The molecule has 0 aliphatic carbocycles. The molecule has 6 heteroatoms. The minimum absolute atomic E-state index is 0.187. The monoisotopic (exact) mass is 372 g/mol. The van der Waals surface area contributed by atoms with Gasteiger partial charge in [0.15, 0.2) is 0 Å². The van der Waals surface area contributed by atoms with Gasteiger partial charge in [-0.05, 0) is 42.0 Å². The molecular weight excluding hydrogens is 355 g/mol. The van der Waals surface area contributed by atoms with E-state index < -0.39 is 0 Å². The number of rotatable bonds is 2. The zero-order valence-electron chi connectivity index (χ0n) is 15.3. The van der Waals surface area contributed by atoms with E-state index in [1.807, 2.05) is 19.2 Å². The summed E-state index contributed by atoms with van der Waals surface area (Å²) in [4.78, 5) is 21.2. The summed E-state index contributed by atoms with van der Waals surface area (Å²) in [5, 5.41) is 9.02. The highest BCUT2D eigenvalue weighted by Crippen LogP contribution is 2.40. The smallest absolute Gasteiger partial charge is 0.258 e. The molecule has 5 nitrogen and oxygen atoms in total. The van der Waals surface area contributed by atoms with E-state index in [0.717, 1.165) is 16.8 Å². The van der Waals surface area contributed by atoms with Gasteiger partial charge in [-0.2, -0.15) is 5.26 Å². The summed E-state index contributed by atoms with van der Waals surface area (Å²) in [5.74, 6) is -0.562. The molecule has 28 heavy (non-hydrogen) atoms. The lowest BCUT2D eigenvalue weighted by atomic mass is 10.0. The van der Waals surface area contributed by atoms with Crippen molar-refractivity contribution in [2.75, 3.05) is 29.9 Å².